The monoisotopic (exact) mass is 474 g/mol. The lowest BCUT2D eigenvalue weighted by Crippen LogP contribution is -2.46. The highest BCUT2D eigenvalue weighted by atomic mass is 79.9. The maximum absolute atomic E-state index is 6.21. The van der Waals surface area contributed by atoms with Crippen molar-refractivity contribution < 1.29 is 0 Å². The topological polar surface area (TPSA) is 40.2 Å². The van der Waals surface area contributed by atoms with E-state index in [1.165, 1.54) is 5.69 Å². The number of benzene rings is 2. The van der Waals surface area contributed by atoms with Crippen molar-refractivity contribution in [2.24, 2.45) is 0 Å². The smallest absolute Gasteiger partial charge is 0.170 e. The Bertz CT molecular complexity index is 1000. The predicted octanol–water partition coefficient (Wildman–Crippen LogP) is 5.61. The molecule has 0 radical (unpaired) electrons. The number of pyridine rings is 1. The molecule has 0 amide bonds. The summed E-state index contributed by atoms with van der Waals surface area (Å²) in [5, 5.41) is 9.21. The zero-order valence-electron chi connectivity index (χ0n) is 15.2. The average Bonchev–Trinajstić information content (AvgIpc) is 2.68. The van der Waals surface area contributed by atoms with Crippen LogP contribution in [0.1, 0.15) is 12.8 Å². The Morgan fingerprint density at radius 3 is 2.75 bits per heavy atom. The molecule has 0 spiro atoms. The second-order valence-electron chi connectivity index (χ2n) is 6.86. The van der Waals surface area contributed by atoms with Gasteiger partial charge in [-0.05, 0) is 67.5 Å². The van der Waals surface area contributed by atoms with E-state index in [9.17, 15) is 0 Å². The molecule has 4 rings (SSSR count). The van der Waals surface area contributed by atoms with E-state index in [2.05, 4.69) is 42.5 Å². The van der Waals surface area contributed by atoms with E-state index in [4.69, 9.17) is 23.8 Å². The second-order valence-corrected chi connectivity index (χ2v) is 8.62. The number of fused-ring (bicyclic) bond motifs is 1. The molecule has 0 bridgehead atoms. The van der Waals surface area contributed by atoms with Gasteiger partial charge in [-0.2, -0.15) is 0 Å². The van der Waals surface area contributed by atoms with Gasteiger partial charge in [0.25, 0.3) is 0 Å². The normalized spacial score (nSPS) is 14.9. The van der Waals surface area contributed by atoms with Gasteiger partial charge < -0.3 is 15.5 Å². The van der Waals surface area contributed by atoms with Crippen molar-refractivity contribution in [1.29, 1.82) is 0 Å². The molecule has 1 aliphatic heterocycles. The van der Waals surface area contributed by atoms with Crippen molar-refractivity contribution in [3.05, 3.63) is 64.2 Å². The molecule has 144 valence electrons. The minimum atomic E-state index is 0.361. The van der Waals surface area contributed by atoms with E-state index >= 15 is 0 Å². The molecule has 1 fully saturated rings. The van der Waals surface area contributed by atoms with Crippen molar-refractivity contribution in [3.8, 4) is 0 Å². The maximum atomic E-state index is 6.21. The molecule has 7 heteroatoms. The van der Waals surface area contributed by atoms with Crippen molar-refractivity contribution in [3.63, 3.8) is 0 Å². The van der Waals surface area contributed by atoms with E-state index in [1.807, 2.05) is 48.7 Å². The molecule has 1 saturated heterocycles. The summed E-state index contributed by atoms with van der Waals surface area (Å²) in [5.74, 6) is 0. The third kappa shape index (κ3) is 4.57. The Morgan fingerprint density at radius 1 is 1.14 bits per heavy atom. The average molecular weight is 476 g/mol. The number of piperidine rings is 1. The second kappa shape index (κ2) is 8.64. The largest absolute Gasteiger partial charge is 0.371 e. The summed E-state index contributed by atoms with van der Waals surface area (Å²) in [6.07, 6.45) is 3.91. The minimum Gasteiger partial charge on any atom is -0.371 e. The van der Waals surface area contributed by atoms with Crippen molar-refractivity contribution in [2.75, 3.05) is 23.3 Å². The molecule has 0 aliphatic carbocycles. The molecule has 0 saturated carbocycles. The van der Waals surface area contributed by atoms with Crippen LogP contribution < -0.4 is 15.5 Å². The SMILES string of the molecule is S=C(Nc1cccc(Br)c1)NC1CCN(c2ccnc3ccc(Cl)cc23)CC1. The minimum absolute atomic E-state index is 0.361. The summed E-state index contributed by atoms with van der Waals surface area (Å²) < 4.78 is 1.03. The number of aromatic nitrogens is 1. The van der Waals surface area contributed by atoms with Crippen LogP contribution in [-0.2, 0) is 0 Å². The third-order valence-corrected chi connectivity index (χ3v) is 5.88. The molecule has 2 heterocycles. The van der Waals surface area contributed by atoms with E-state index in [1.54, 1.807) is 0 Å². The zero-order valence-corrected chi connectivity index (χ0v) is 18.3. The molecule has 4 nitrogen and oxygen atoms in total. The van der Waals surface area contributed by atoms with Crippen LogP contribution in [0.4, 0.5) is 11.4 Å². The van der Waals surface area contributed by atoms with Gasteiger partial charge in [0.2, 0.25) is 0 Å². The Kier molecular flexibility index (Phi) is 5.99. The first-order valence-electron chi connectivity index (χ1n) is 9.21. The molecule has 28 heavy (non-hydrogen) atoms. The van der Waals surface area contributed by atoms with Gasteiger partial charge in [-0.1, -0.05) is 33.6 Å². The van der Waals surface area contributed by atoms with Crippen molar-refractivity contribution >= 4 is 67.1 Å². The van der Waals surface area contributed by atoms with Crippen LogP contribution in [0.3, 0.4) is 0 Å². The lowest BCUT2D eigenvalue weighted by molar-refractivity contribution is 0.468. The molecule has 2 N–H and O–H groups in total. The number of nitrogens with zero attached hydrogens (tertiary/aromatic N) is 2. The van der Waals surface area contributed by atoms with Crippen LogP contribution in [-0.4, -0.2) is 29.2 Å². The molecular weight excluding hydrogens is 456 g/mol. The van der Waals surface area contributed by atoms with Crippen LogP contribution in [0.5, 0.6) is 0 Å². The van der Waals surface area contributed by atoms with E-state index in [0.717, 1.165) is 52.0 Å². The summed E-state index contributed by atoms with van der Waals surface area (Å²) in [6.45, 7) is 1.92. The van der Waals surface area contributed by atoms with E-state index in [-0.39, 0.29) is 0 Å². The van der Waals surface area contributed by atoms with Crippen LogP contribution in [0.2, 0.25) is 5.02 Å². The van der Waals surface area contributed by atoms with Crippen LogP contribution >= 0.6 is 39.7 Å². The predicted molar refractivity (Wildman–Crippen MR) is 125 cm³/mol. The zero-order chi connectivity index (χ0) is 19.5. The van der Waals surface area contributed by atoms with E-state index in [0.29, 0.717) is 11.2 Å². The Balaban J connectivity index is 1.37. The van der Waals surface area contributed by atoms with Crippen molar-refractivity contribution in [1.82, 2.24) is 10.3 Å². The lowest BCUT2D eigenvalue weighted by Gasteiger charge is -2.35. The highest BCUT2D eigenvalue weighted by Gasteiger charge is 2.21. The third-order valence-electron chi connectivity index (χ3n) is 4.93. The van der Waals surface area contributed by atoms with Gasteiger partial charge >= 0.3 is 0 Å². The van der Waals surface area contributed by atoms with Crippen LogP contribution in [0.25, 0.3) is 10.9 Å². The lowest BCUT2D eigenvalue weighted by atomic mass is 10.0. The molecule has 3 aromatic rings. The summed E-state index contributed by atoms with van der Waals surface area (Å²) in [7, 11) is 0. The number of halogens is 2. The van der Waals surface area contributed by atoms with Gasteiger partial charge in [-0.15, -0.1) is 0 Å². The van der Waals surface area contributed by atoms with Gasteiger partial charge in [0.1, 0.15) is 0 Å². The summed E-state index contributed by atoms with van der Waals surface area (Å²) >= 11 is 15.2. The Labute approximate surface area is 183 Å². The first kappa shape index (κ1) is 19.4. The fourth-order valence-electron chi connectivity index (χ4n) is 3.56. The standard InChI is InChI=1S/C21H20BrClN4S/c22-14-2-1-3-17(12-14)26-21(28)25-16-7-10-27(11-8-16)20-6-9-24-19-5-4-15(23)13-18(19)20/h1-6,9,12-13,16H,7-8,10-11H2,(H2,25,26,28). The molecular formula is C21H20BrClN4S. The quantitative estimate of drug-likeness (QED) is 0.482. The Morgan fingerprint density at radius 2 is 1.96 bits per heavy atom. The number of hydrogen-bond donors (Lipinski definition) is 2. The Hall–Kier alpha value is -1.89. The van der Waals surface area contributed by atoms with Gasteiger partial charge in [-0.25, -0.2) is 0 Å². The highest BCUT2D eigenvalue weighted by Crippen LogP contribution is 2.29. The van der Waals surface area contributed by atoms with Gasteiger partial charge in [0, 0.05) is 51.6 Å². The molecule has 0 atom stereocenters. The summed E-state index contributed by atoms with van der Waals surface area (Å²) in [6, 6.07) is 16.3. The van der Waals surface area contributed by atoms with Crippen LogP contribution in [0, 0.1) is 0 Å². The van der Waals surface area contributed by atoms with Crippen LogP contribution in [0.15, 0.2) is 59.2 Å². The molecule has 1 aromatic heterocycles. The number of thiocarbonyl (C=S) groups is 1. The van der Waals surface area contributed by atoms with Gasteiger partial charge in [-0.3, -0.25) is 4.98 Å². The van der Waals surface area contributed by atoms with Gasteiger partial charge in [0.15, 0.2) is 5.11 Å². The maximum Gasteiger partial charge on any atom is 0.170 e. The summed E-state index contributed by atoms with van der Waals surface area (Å²) in [4.78, 5) is 6.86. The number of hydrogen-bond acceptors (Lipinski definition) is 3. The number of rotatable bonds is 3. The molecule has 0 unspecified atom stereocenters. The number of nitrogens with one attached hydrogen (secondary N) is 2. The van der Waals surface area contributed by atoms with E-state index < -0.39 is 0 Å². The fourth-order valence-corrected chi connectivity index (χ4v) is 4.42. The van der Waals surface area contributed by atoms with Gasteiger partial charge in [0.05, 0.1) is 5.52 Å². The first-order chi connectivity index (χ1) is 13.6. The molecule has 2 aromatic carbocycles. The fraction of sp³-hybridized carbons (Fsp3) is 0.238. The molecule has 1 aliphatic rings. The number of anilines is 2. The first-order valence-corrected chi connectivity index (χ1v) is 10.8. The van der Waals surface area contributed by atoms with Crippen molar-refractivity contribution in [2.45, 2.75) is 18.9 Å². The highest BCUT2D eigenvalue weighted by molar-refractivity contribution is 9.10. The summed E-state index contributed by atoms with van der Waals surface area (Å²) in [5.41, 5.74) is 3.15.